The number of hydrogen-bond donors (Lipinski definition) is 1. The van der Waals surface area contributed by atoms with Gasteiger partial charge in [-0.15, -0.1) is 11.8 Å². The Morgan fingerprint density at radius 2 is 1.69 bits per heavy atom. The third-order valence-electron chi connectivity index (χ3n) is 4.98. The molecule has 0 heterocycles. The monoisotopic (exact) mass is 457 g/mol. The zero-order valence-electron chi connectivity index (χ0n) is 18.8. The van der Waals surface area contributed by atoms with Gasteiger partial charge in [-0.25, -0.2) is 0 Å². The summed E-state index contributed by atoms with van der Waals surface area (Å²) in [6.07, 6.45) is 0.668. The minimum atomic E-state index is -0.565. The second kappa shape index (κ2) is 12.9. The lowest BCUT2D eigenvalue weighted by Crippen LogP contribution is -2.50. The van der Waals surface area contributed by atoms with E-state index in [1.54, 1.807) is 24.0 Å². The Labute approximate surface area is 193 Å². The number of amides is 2. The molecule has 0 aliphatic rings. The number of nitrogens with zero attached hydrogens (tertiary/aromatic N) is 2. The summed E-state index contributed by atoms with van der Waals surface area (Å²) in [5.41, 5.74) is 2.06. The fourth-order valence-corrected chi connectivity index (χ4v) is 3.95. The molecule has 2 rings (SSSR count). The number of thioether (sulfide) groups is 1. The van der Waals surface area contributed by atoms with E-state index in [9.17, 15) is 19.7 Å². The molecule has 0 saturated carbocycles. The van der Waals surface area contributed by atoms with Crippen LogP contribution in [0.1, 0.15) is 31.9 Å². The van der Waals surface area contributed by atoms with Crippen LogP contribution in [0.5, 0.6) is 0 Å². The number of benzene rings is 2. The smallest absolute Gasteiger partial charge is 0.269 e. The second-order valence-electron chi connectivity index (χ2n) is 8.05. The molecule has 2 aromatic carbocycles. The van der Waals surface area contributed by atoms with E-state index < -0.39 is 11.0 Å². The normalized spacial score (nSPS) is 11.8. The maximum Gasteiger partial charge on any atom is 0.269 e. The van der Waals surface area contributed by atoms with Gasteiger partial charge < -0.3 is 10.2 Å². The highest BCUT2D eigenvalue weighted by molar-refractivity contribution is 7.99. The van der Waals surface area contributed by atoms with Crippen LogP contribution in [0, 0.1) is 16.0 Å². The number of hydrogen-bond acceptors (Lipinski definition) is 5. The van der Waals surface area contributed by atoms with Crippen LogP contribution in [0.3, 0.4) is 0 Å². The van der Waals surface area contributed by atoms with Crippen molar-refractivity contribution in [2.45, 2.75) is 39.0 Å². The van der Waals surface area contributed by atoms with Gasteiger partial charge in [-0.1, -0.05) is 56.3 Å². The molecule has 172 valence electrons. The molecule has 1 N–H and O–H groups in total. The number of carbonyl (C=O) groups is 2. The summed E-state index contributed by atoms with van der Waals surface area (Å²) in [5.74, 6) is 0.870. The van der Waals surface area contributed by atoms with Crippen molar-refractivity contribution in [1.82, 2.24) is 10.2 Å². The summed E-state index contributed by atoms with van der Waals surface area (Å²) in [4.78, 5) is 37.6. The van der Waals surface area contributed by atoms with E-state index in [0.717, 1.165) is 11.1 Å². The SMILES string of the molecule is CC(C)CNC(=O)C(C)N(CCc1ccccc1)C(=O)CSCc1ccc([N+](=O)[O-])cc1. The van der Waals surface area contributed by atoms with Gasteiger partial charge in [0.15, 0.2) is 0 Å². The Morgan fingerprint density at radius 1 is 1.03 bits per heavy atom. The molecule has 1 atom stereocenters. The third kappa shape index (κ3) is 8.34. The van der Waals surface area contributed by atoms with Gasteiger partial charge >= 0.3 is 0 Å². The molecule has 0 fully saturated rings. The summed E-state index contributed by atoms with van der Waals surface area (Å²) in [7, 11) is 0. The Balaban J connectivity index is 1.98. The average Bonchev–Trinajstić information content (AvgIpc) is 2.78. The zero-order chi connectivity index (χ0) is 23.5. The predicted octanol–water partition coefficient (Wildman–Crippen LogP) is 4.06. The van der Waals surface area contributed by atoms with Gasteiger partial charge in [0, 0.05) is 31.0 Å². The Kier molecular flexibility index (Phi) is 10.2. The molecule has 0 saturated heterocycles. The van der Waals surface area contributed by atoms with Gasteiger partial charge in [-0.05, 0) is 30.4 Å². The quantitative estimate of drug-likeness (QED) is 0.383. The highest BCUT2D eigenvalue weighted by Gasteiger charge is 2.25. The highest BCUT2D eigenvalue weighted by atomic mass is 32.2. The van der Waals surface area contributed by atoms with Crippen molar-refractivity contribution in [3.63, 3.8) is 0 Å². The molecule has 0 aliphatic heterocycles. The van der Waals surface area contributed by atoms with E-state index in [1.807, 2.05) is 44.2 Å². The first kappa shape index (κ1) is 25.4. The topological polar surface area (TPSA) is 92.6 Å². The summed E-state index contributed by atoms with van der Waals surface area (Å²) < 4.78 is 0. The van der Waals surface area contributed by atoms with E-state index in [2.05, 4.69) is 5.32 Å². The van der Waals surface area contributed by atoms with E-state index >= 15 is 0 Å². The van der Waals surface area contributed by atoms with Crippen molar-refractivity contribution >= 4 is 29.3 Å². The first-order valence-corrected chi connectivity index (χ1v) is 11.9. The van der Waals surface area contributed by atoms with Crippen LogP contribution < -0.4 is 5.32 Å². The maximum atomic E-state index is 13.0. The summed E-state index contributed by atoms with van der Waals surface area (Å²) in [6, 6.07) is 15.6. The van der Waals surface area contributed by atoms with Crippen molar-refractivity contribution in [2.75, 3.05) is 18.8 Å². The number of rotatable bonds is 12. The van der Waals surface area contributed by atoms with Crippen molar-refractivity contribution in [3.8, 4) is 0 Å². The minimum absolute atomic E-state index is 0.0446. The fraction of sp³-hybridized carbons (Fsp3) is 0.417. The van der Waals surface area contributed by atoms with E-state index in [0.29, 0.717) is 31.2 Å². The molecule has 1 unspecified atom stereocenters. The lowest BCUT2D eigenvalue weighted by atomic mass is 10.1. The molecule has 0 radical (unpaired) electrons. The summed E-state index contributed by atoms with van der Waals surface area (Å²) in [6.45, 7) is 6.84. The van der Waals surface area contributed by atoms with E-state index in [-0.39, 0.29) is 23.3 Å². The van der Waals surface area contributed by atoms with E-state index in [4.69, 9.17) is 0 Å². The molecule has 8 heteroatoms. The van der Waals surface area contributed by atoms with Gasteiger partial charge in [-0.3, -0.25) is 19.7 Å². The van der Waals surface area contributed by atoms with Crippen LogP contribution >= 0.6 is 11.8 Å². The van der Waals surface area contributed by atoms with Crippen LogP contribution in [0.25, 0.3) is 0 Å². The van der Waals surface area contributed by atoms with E-state index in [1.165, 1.54) is 23.9 Å². The molecule has 0 aliphatic carbocycles. The van der Waals surface area contributed by atoms with Crippen LogP contribution in [0.2, 0.25) is 0 Å². The molecule has 0 bridgehead atoms. The van der Waals surface area contributed by atoms with Crippen molar-refractivity contribution in [2.24, 2.45) is 5.92 Å². The number of carbonyl (C=O) groups excluding carboxylic acids is 2. The van der Waals surface area contributed by atoms with Crippen molar-refractivity contribution in [1.29, 1.82) is 0 Å². The summed E-state index contributed by atoms with van der Waals surface area (Å²) in [5, 5.41) is 13.7. The van der Waals surface area contributed by atoms with Gasteiger partial charge in [0.25, 0.3) is 5.69 Å². The first-order valence-electron chi connectivity index (χ1n) is 10.7. The fourth-order valence-electron chi connectivity index (χ4n) is 3.08. The van der Waals surface area contributed by atoms with Crippen LogP contribution in [-0.2, 0) is 21.8 Å². The standard InChI is InChI=1S/C24H31N3O4S/c1-18(2)15-25-24(29)19(3)26(14-13-20-7-5-4-6-8-20)23(28)17-32-16-21-9-11-22(12-10-21)27(30)31/h4-12,18-19H,13-17H2,1-3H3,(H,25,29). The third-order valence-corrected chi connectivity index (χ3v) is 5.97. The molecule has 2 aromatic rings. The molecular weight excluding hydrogens is 426 g/mol. The molecule has 7 nitrogen and oxygen atoms in total. The second-order valence-corrected chi connectivity index (χ2v) is 9.04. The molecule has 0 spiro atoms. The Hall–Kier alpha value is -2.87. The van der Waals surface area contributed by atoms with Crippen molar-refractivity contribution < 1.29 is 14.5 Å². The summed E-state index contributed by atoms with van der Waals surface area (Å²) >= 11 is 1.43. The van der Waals surface area contributed by atoms with Crippen LogP contribution in [0.15, 0.2) is 54.6 Å². The van der Waals surface area contributed by atoms with Gasteiger partial charge in [-0.2, -0.15) is 0 Å². The predicted molar refractivity (Wildman–Crippen MR) is 128 cm³/mol. The number of nitro benzene ring substituents is 1. The molecule has 32 heavy (non-hydrogen) atoms. The lowest BCUT2D eigenvalue weighted by Gasteiger charge is -2.29. The van der Waals surface area contributed by atoms with Gasteiger partial charge in [0.05, 0.1) is 10.7 Å². The minimum Gasteiger partial charge on any atom is -0.354 e. The van der Waals surface area contributed by atoms with Crippen LogP contribution in [0.4, 0.5) is 5.69 Å². The first-order chi connectivity index (χ1) is 15.3. The maximum absolute atomic E-state index is 13.0. The number of non-ortho nitro benzene ring substituents is 1. The largest absolute Gasteiger partial charge is 0.354 e. The van der Waals surface area contributed by atoms with Gasteiger partial charge in [0.1, 0.15) is 6.04 Å². The zero-order valence-corrected chi connectivity index (χ0v) is 19.6. The molecular formula is C24H31N3O4S. The highest BCUT2D eigenvalue weighted by Crippen LogP contribution is 2.18. The number of nitrogens with one attached hydrogen (secondary N) is 1. The van der Waals surface area contributed by atoms with Crippen LogP contribution in [-0.4, -0.2) is 46.5 Å². The van der Waals surface area contributed by atoms with Crippen molar-refractivity contribution in [3.05, 3.63) is 75.8 Å². The van der Waals surface area contributed by atoms with Gasteiger partial charge in [0.2, 0.25) is 11.8 Å². The lowest BCUT2D eigenvalue weighted by molar-refractivity contribution is -0.384. The Morgan fingerprint density at radius 3 is 2.28 bits per heavy atom. The molecule has 0 aromatic heterocycles. The molecule has 2 amide bonds. The number of nitro groups is 1. The Bertz CT molecular complexity index is 888. The average molecular weight is 458 g/mol.